The molecular weight excluding hydrogens is 498 g/mol. The van der Waals surface area contributed by atoms with Crippen LogP contribution in [0.3, 0.4) is 0 Å². The van der Waals surface area contributed by atoms with Crippen LogP contribution in [-0.2, 0) is 16.7 Å². The number of fused-ring (bicyclic) bond motifs is 2. The average molecular weight is 531 g/mol. The number of unbranched alkanes of at least 4 members (excludes halogenated alkanes) is 1. The Labute approximate surface area is 223 Å². The van der Waals surface area contributed by atoms with Gasteiger partial charge in [0.25, 0.3) is 15.1 Å². The molecule has 1 aromatic heterocycles. The molecule has 37 heavy (non-hydrogen) atoms. The summed E-state index contributed by atoms with van der Waals surface area (Å²) >= 11 is 1.71. The zero-order valence-electron chi connectivity index (χ0n) is 21.0. The van der Waals surface area contributed by atoms with E-state index in [0.29, 0.717) is 13.0 Å². The molecule has 0 radical (unpaired) electrons. The van der Waals surface area contributed by atoms with Gasteiger partial charge in [-0.2, -0.15) is 13.0 Å². The first-order valence-corrected chi connectivity index (χ1v) is 15.3. The average Bonchev–Trinajstić information content (AvgIpc) is 3.24. The molecule has 1 atom stereocenters. The van der Waals surface area contributed by atoms with E-state index in [-0.39, 0.29) is 11.7 Å². The highest BCUT2D eigenvalue weighted by molar-refractivity contribution is 7.85. The third kappa shape index (κ3) is 5.77. The molecule has 0 saturated heterocycles. The van der Waals surface area contributed by atoms with E-state index in [1.54, 1.807) is 11.3 Å². The zero-order chi connectivity index (χ0) is 25.8. The minimum Gasteiger partial charge on any atom is -0.286 e. The molecule has 190 valence electrons. The van der Waals surface area contributed by atoms with Crippen molar-refractivity contribution in [3.63, 3.8) is 0 Å². The van der Waals surface area contributed by atoms with Crippen LogP contribution in [0.2, 0.25) is 0 Å². The van der Waals surface area contributed by atoms with Gasteiger partial charge in [-0.15, -0.1) is 0 Å². The lowest BCUT2D eigenvalue weighted by Crippen LogP contribution is -2.36. The van der Waals surface area contributed by atoms with Gasteiger partial charge in [-0.05, 0) is 41.2 Å². The zero-order valence-corrected chi connectivity index (χ0v) is 22.6. The molecule has 3 aromatic carbocycles. The largest absolute Gasteiger partial charge is 0.286 e. The van der Waals surface area contributed by atoms with Gasteiger partial charge in [0.2, 0.25) is 5.52 Å². The van der Waals surface area contributed by atoms with Crippen LogP contribution in [-0.4, -0.2) is 18.7 Å². The van der Waals surface area contributed by atoms with Gasteiger partial charge < -0.3 is 0 Å². The second kappa shape index (κ2) is 11.1. The van der Waals surface area contributed by atoms with Crippen LogP contribution in [0.4, 0.5) is 0 Å². The summed E-state index contributed by atoms with van der Waals surface area (Å²) in [5.41, 5.74) is 7.57. The topological polar surface area (TPSA) is 58.2 Å². The van der Waals surface area contributed by atoms with Crippen LogP contribution in [0.25, 0.3) is 21.9 Å². The van der Waals surface area contributed by atoms with Gasteiger partial charge in [0.05, 0.1) is 5.75 Å². The standard InChI is InChI=1S/C31H31NO3S2/c1-2-3-12-24-21-25(26-15-7-8-16-27(26)31(24)23-13-5-4-6-14-23)22-30-32(19-11-20-37(33,34)35)28-17-9-10-18-29(28)36-30/h4-10,13-18,21-22,31H,2-3,11-12,19-20H2,1H3/p+1/b25-22+. The van der Waals surface area contributed by atoms with E-state index in [1.165, 1.54) is 27.8 Å². The number of nitrogens with zero attached hydrogens (tertiary/aromatic N) is 1. The lowest BCUT2D eigenvalue weighted by molar-refractivity contribution is -0.668. The number of hydrogen-bond acceptors (Lipinski definition) is 3. The minimum absolute atomic E-state index is 0.241. The Balaban J connectivity index is 1.63. The fourth-order valence-corrected chi connectivity index (χ4v) is 6.89. The smallest absolute Gasteiger partial charge is 0.265 e. The Kier molecular flexibility index (Phi) is 7.70. The first-order chi connectivity index (χ1) is 17.9. The molecule has 1 aliphatic carbocycles. The molecule has 1 aliphatic rings. The molecule has 1 heterocycles. The molecule has 1 N–H and O–H groups in total. The summed E-state index contributed by atoms with van der Waals surface area (Å²) in [6.07, 6.45) is 8.31. The summed E-state index contributed by atoms with van der Waals surface area (Å²) in [5.74, 6) is -0.00608. The first-order valence-electron chi connectivity index (χ1n) is 12.9. The van der Waals surface area contributed by atoms with Gasteiger partial charge in [0, 0.05) is 24.5 Å². The van der Waals surface area contributed by atoms with Crippen molar-refractivity contribution >= 4 is 43.3 Å². The quantitative estimate of drug-likeness (QED) is 0.183. The van der Waals surface area contributed by atoms with Gasteiger partial charge >= 0.3 is 0 Å². The summed E-state index contributed by atoms with van der Waals surface area (Å²) in [7, 11) is -3.99. The number of benzene rings is 3. The number of hydrogen-bond donors (Lipinski definition) is 1. The molecule has 6 heteroatoms. The van der Waals surface area contributed by atoms with Crippen LogP contribution in [0, 0.1) is 0 Å². The first kappa shape index (κ1) is 25.6. The third-order valence-electron chi connectivity index (χ3n) is 6.95. The second-order valence-electron chi connectivity index (χ2n) is 9.55. The van der Waals surface area contributed by atoms with Crippen LogP contribution in [0.1, 0.15) is 60.2 Å². The molecule has 4 aromatic rings. The fraction of sp³-hybridized carbons (Fsp3) is 0.258. The predicted molar refractivity (Wildman–Crippen MR) is 153 cm³/mol. The van der Waals surface area contributed by atoms with Gasteiger partial charge in [-0.3, -0.25) is 4.55 Å². The summed E-state index contributed by atoms with van der Waals surface area (Å²) in [5, 5.41) is 1.07. The molecule has 0 saturated carbocycles. The monoisotopic (exact) mass is 530 g/mol. The normalized spacial score (nSPS) is 16.6. The molecule has 0 aliphatic heterocycles. The van der Waals surface area contributed by atoms with Crippen molar-refractivity contribution in [1.82, 2.24) is 0 Å². The minimum atomic E-state index is -3.99. The summed E-state index contributed by atoms with van der Waals surface area (Å²) in [6, 6.07) is 27.7. The number of allylic oxidation sites excluding steroid dienone is 3. The summed E-state index contributed by atoms with van der Waals surface area (Å²) in [6.45, 7) is 2.75. The Morgan fingerprint density at radius 2 is 1.68 bits per heavy atom. The van der Waals surface area contributed by atoms with Crippen LogP contribution >= 0.6 is 11.3 Å². The van der Waals surface area contributed by atoms with Crippen molar-refractivity contribution in [2.24, 2.45) is 0 Å². The highest BCUT2D eigenvalue weighted by Crippen LogP contribution is 2.44. The molecular formula is C31H32NO3S2+. The fourth-order valence-electron chi connectivity index (χ4n) is 5.26. The van der Waals surface area contributed by atoms with Crippen LogP contribution in [0.15, 0.2) is 90.5 Å². The lowest BCUT2D eigenvalue weighted by Gasteiger charge is -2.29. The maximum atomic E-state index is 11.4. The number of aromatic nitrogens is 1. The van der Waals surface area contributed by atoms with Crippen molar-refractivity contribution in [3.05, 3.63) is 112 Å². The lowest BCUT2D eigenvalue weighted by atomic mass is 9.74. The van der Waals surface area contributed by atoms with Crippen LogP contribution in [0.5, 0.6) is 0 Å². The number of para-hydroxylation sites is 1. The van der Waals surface area contributed by atoms with E-state index in [2.05, 4.69) is 90.4 Å². The van der Waals surface area contributed by atoms with E-state index in [0.717, 1.165) is 34.5 Å². The maximum Gasteiger partial charge on any atom is 0.265 e. The van der Waals surface area contributed by atoms with E-state index in [1.807, 2.05) is 12.1 Å². The molecule has 4 nitrogen and oxygen atoms in total. The third-order valence-corrected chi connectivity index (χ3v) is 8.86. The Hall–Kier alpha value is -3.06. The molecule has 1 unspecified atom stereocenters. The Morgan fingerprint density at radius 1 is 0.946 bits per heavy atom. The van der Waals surface area contributed by atoms with Crippen LogP contribution < -0.4 is 4.57 Å². The van der Waals surface area contributed by atoms with Gasteiger partial charge in [-0.1, -0.05) is 103 Å². The SMILES string of the molecule is CCCCC1=C/C(=C\c2sc3ccccc3[n+]2CCCS(=O)(=O)O)c2ccccc2C1c1ccccc1. The maximum absolute atomic E-state index is 11.4. The van der Waals surface area contributed by atoms with Crippen molar-refractivity contribution < 1.29 is 17.5 Å². The van der Waals surface area contributed by atoms with Gasteiger partial charge in [0.1, 0.15) is 4.70 Å². The molecule has 5 rings (SSSR count). The van der Waals surface area contributed by atoms with E-state index in [9.17, 15) is 13.0 Å². The summed E-state index contributed by atoms with van der Waals surface area (Å²) < 4.78 is 35.3. The number of rotatable bonds is 9. The van der Waals surface area contributed by atoms with E-state index >= 15 is 0 Å². The molecule has 0 amide bonds. The molecule has 0 fully saturated rings. The van der Waals surface area contributed by atoms with Crippen molar-refractivity contribution in [2.75, 3.05) is 5.75 Å². The van der Waals surface area contributed by atoms with E-state index in [4.69, 9.17) is 0 Å². The predicted octanol–water partition coefficient (Wildman–Crippen LogP) is 7.27. The molecule has 0 bridgehead atoms. The van der Waals surface area contributed by atoms with Crippen molar-refractivity contribution in [1.29, 1.82) is 0 Å². The Morgan fingerprint density at radius 3 is 2.46 bits per heavy atom. The highest BCUT2D eigenvalue weighted by atomic mass is 32.2. The summed E-state index contributed by atoms with van der Waals surface area (Å²) in [4.78, 5) is 0. The van der Waals surface area contributed by atoms with E-state index < -0.39 is 10.1 Å². The number of thiazole rings is 1. The highest BCUT2D eigenvalue weighted by Gasteiger charge is 2.28. The molecule has 0 spiro atoms. The van der Waals surface area contributed by atoms with Gasteiger partial charge in [-0.25, -0.2) is 0 Å². The van der Waals surface area contributed by atoms with Crippen molar-refractivity contribution in [3.8, 4) is 0 Å². The Bertz CT molecular complexity index is 1570. The van der Waals surface area contributed by atoms with Gasteiger partial charge in [0.15, 0.2) is 6.54 Å². The number of aryl methyl sites for hydroxylation is 1. The van der Waals surface area contributed by atoms with Crippen molar-refractivity contribution in [2.45, 2.75) is 45.1 Å². The second-order valence-corrected chi connectivity index (χ2v) is 12.2.